The predicted octanol–water partition coefficient (Wildman–Crippen LogP) is 3.27. The highest BCUT2D eigenvalue weighted by atomic mass is 35.5. The van der Waals surface area contributed by atoms with Gasteiger partial charge < -0.3 is 20.0 Å². The molecule has 3 unspecified atom stereocenters. The first-order valence-corrected chi connectivity index (χ1v) is 16.6. The summed E-state index contributed by atoms with van der Waals surface area (Å²) in [5, 5.41) is 2.90. The Morgan fingerprint density at radius 1 is 1.04 bits per heavy atom. The fourth-order valence-corrected chi connectivity index (χ4v) is 8.02. The SMILES string of the molecule is CC(C)N1CC2N(C(=O)C(NC(=O)c3ccc(N(C)C)cc3)CN2S(=O)(=O)c2ccc(Cl)cc2Cl)C(Cc2cccnc2)C1=O. The number of nitrogens with zero attached hydrogens (tertiary/aromatic N) is 5. The van der Waals surface area contributed by atoms with Crippen LogP contribution < -0.4 is 10.2 Å². The van der Waals surface area contributed by atoms with E-state index in [0.29, 0.717) is 11.1 Å². The van der Waals surface area contributed by atoms with Gasteiger partial charge in [-0.25, -0.2) is 8.42 Å². The van der Waals surface area contributed by atoms with Crippen LogP contribution in [0.1, 0.15) is 29.8 Å². The Hall–Kier alpha value is -3.71. The molecular formula is C31H34Cl2N6O5S. The number of nitrogens with one attached hydrogen (secondary N) is 1. The zero-order valence-electron chi connectivity index (χ0n) is 25.2. The Morgan fingerprint density at radius 3 is 2.36 bits per heavy atom. The van der Waals surface area contributed by atoms with Crippen molar-refractivity contribution >= 4 is 56.6 Å². The number of pyridine rings is 1. The Bertz CT molecular complexity index is 1710. The highest BCUT2D eigenvalue weighted by Gasteiger charge is 2.54. The summed E-state index contributed by atoms with van der Waals surface area (Å²) in [6.45, 7) is 3.23. The zero-order valence-corrected chi connectivity index (χ0v) is 27.6. The highest BCUT2D eigenvalue weighted by molar-refractivity contribution is 7.89. The van der Waals surface area contributed by atoms with E-state index in [0.717, 1.165) is 9.99 Å². The van der Waals surface area contributed by atoms with Crippen molar-refractivity contribution in [2.75, 3.05) is 32.1 Å². The lowest BCUT2D eigenvalue weighted by atomic mass is 9.97. The van der Waals surface area contributed by atoms with Crippen molar-refractivity contribution in [2.24, 2.45) is 0 Å². The van der Waals surface area contributed by atoms with Gasteiger partial charge in [0.2, 0.25) is 21.8 Å². The summed E-state index contributed by atoms with van der Waals surface area (Å²) in [6.07, 6.45) is 2.23. The lowest BCUT2D eigenvalue weighted by Gasteiger charge is -2.54. The molecule has 3 aromatic rings. The van der Waals surface area contributed by atoms with Gasteiger partial charge in [-0.05, 0) is 67.9 Å². The third-order valence-corrected chi connectivity index (χ3v) is 10.6. The van der Waals surface area contributed by atoms with Crippen molar-refractivity contribution in [1.82, 2.24) is 24.4 Å². The molecule has 0 spiro atoms. The van der Waals surface area contributed by atoms with Gasteiger partial charge in [-0.3, -0.25) is 19.4 Å². The Labute approximate surface area is 272 Å². The maximum absolute atomic E-state index is 14.3. The van der Waals surface area contributed by atoms with Gasteiger partial charge in [-0.1, -0.05) is 29.3 Å². The van der Waals surface area contributed by atoms with Gasteiger partial charge in [-0.15, -0.1) is 0 Å². The van der Waals surface area contributed by atoms with Crippen molar-refractivity contribution in [3.63, 3.8) is 0 Å². The minimum absolute atomic E-state index is 0.0666. The number of hydrogen-bond donors (Lipinski definition) is 1. The third kappa shape index (κ3) is 6.51. The molecule has 3 heterocycles. The van der Waals surface area contributed by atoms with Crippen LogP contribution in [-0.4, -0.2) is 96.7 Å². The highest BCUT2D eigenvalue weighted by Crippen LogP contribution is 2.35. The van der Waals surface area contributed by atoms with E-state index >= 15 is 0 Å². The molecule has 2 fully saturated rings. The fourth-order valence-electron chi connectivity index (χ4n) is 5.68. The molecule has 14 heteroatoms. The van der Waals surface area contributed by atoms with Gasteiger partial charge >= 0.3 is 0 Å². The van der Waals surface area contributed by atoms with Gasteiger partial charge in [0.25, 0.3) is 5.91 Å². The number of amides is 3. The molecule has 3 atom stereocenters. The van der Waals surface area contributed by atoms with E-state index in [1.165, 1.54) is 23.1 Å². The number of hydrogen-bond acceptors (Lipinski definition) is 7. The fraction of sp³-hybridized carbons (Fsp3) is 0.355. The molecule has 1 aromatic heterocycles. The van der Waals surface area contributed by atoms with E-state index in [2.05, 4.69) is 10.3 Å². The lowest BCUT2D eigenvalue weighted by Crippen LogP contribution is -2.76. The number of benzene rings is 2. The number of fused-ring (bicyclic) bond motifs is 1. The van der Waals surface area contributed by atoms with Crippen molar-refractivity contribution in [3.05, 3.63) is 88.2 Å². The topological polar surface area (TPSA) is 123 Å². The summed E-state index contributed by atoms with van der Waals surface area (Å²) in [6, 6.07) is 11.7. The average molecular weight is 674 g/mol. The number of sulfonamides is 1. The van der Waals surface area contributed by atoms with Crippen LogP contribution in [0.2, 0.25) is 10.0 Å². The number of aromatic nitrogens is 1. The standard InChI is InChI=1S/C31H34Cl2N6O5S/c1-19(2)37-18-28-38(45(43,44)27-12-9-22(32)15-24(27)33)17-25(35-29(40)21-7-10-23(11-8-21)36(3)4)30(41)39(28)26(31(37)42)14-20-6-5-13-34-16-20/h5-13,15-16,19,25-26,28H,14,17-18H2,1-4H3,(H,35,40). The van der Waals surface area contributed by atoms with E-state index in [-0.39, 0.29) is 46.4 Å². The van der Waals surface area contributed by atoms with E-state index in [1.54, 1.807) is 53.7 Å². The van der Waals surface area contributed by atoms with E-state index in [9.17, 15) is 22.8 Å². The van der Waals surface area contributed by atoms with Crippen molar-refractivity contribution < 1.29 is 22.8 Å². The number of piperazine rings is 1. The minimum atomic E-state index is -4.37. The number of halogens is 2. The molecule has 2 aliphatic rings. The Kier molecular flexibility index (Phi) is 9.41. The first-order chi connectivity index (χ1) is 21.3. The van der Waals surface area contributed by atoms with Crippen molar-refractivity contribution in [2.45, 2.75) is 49.5 Å². The third-order valence-electron chi connectivity index (χ3n) is 8.04. The monoisotopic (exact) mass is 672 g/mol. The summed E-state index contributed by atoms with van der Waals surface area (Å²) >= 11 is 12.5. The molecule has 0 radical (unpaired) electrons. The summed E-state index contributed by atoms with van der Waals surface area (Å²) in [7, 11) is -0.630. The zero-order chi connectivity index (χ0) is 32.6. The van der Waals surface area contributed by atoms with Crippen LogP contribution in [0.25, 0.3) is 0 Å². The summed E-state index contributed by atoms with van der Waals surface area (Å²) < 4.78 is 29.8. The van der Waals surface area contributed by atoms with Crippen LogP contribution >= 0.6 is 23.2 Å². The second-order valence-corrected chi connectivity index (χ2v) is 14.2. The lowest BCUT2D eigenvalue weighted by molar-refractivity contribution is -0.168. The predicted molar refractivity (Wildman–Crippen MR) is 172 cm³/mol. The smallest absolute Gasteiger partial charge is 0.251 e. The molecule has 3 amide bonds. The first kappa shape index (κ1) is 32.7. The molecule has 0 saturated carbocycles. The van der Waals surface area contributed by atoms with Gasteiger partial charge in [0.1, 0.15) is 23.1 Å². The largest absolute Gasteiger partial charge is 0.378 e. The van der Waals surface area contributed by atoms with E-state index in [4.69, 9.17) is 23.2 Å². The summed E-state index contributed by atoms with van der Waals surface area (Å²) in [5.41, 5.74) is 1.86. The van der Waals surface area contributed by atoms with E-state index < -0.39 is 40.1 Å². The van der Waals surface area contributed by atoms with Crippen molar-refractivity contribution in [1.29, 1.82) is 0 Å². The van der Waals surface area contributed by atoms with Crippen molar-refractivity contribution in [3.8, 4) is 0 Å². The maximum atomic E-state index is 14.3. The molecule has 1 N–H and O–H groups in total. The molecular weight excluding hydrogens is 639 g/mol. The maximum Gasteiger partial charge on any atom is 0.251 e. The Balaban J connectivity index is 1.58. The Morgan fingerprint density at radius 2 is 1.76 bits per heavy atom. The van der Waals surface area contributed by atoms with Gasteiger partial charge in [0.05, 0.1) is 11.6 Å². The van der Waals surface area contributed by atoms with Gasteiger partial charge in [0, 0.05) is 61.8 Å². The minimum Gasteiger partial charge on any atom is -0.378 e. The van der Waals surface area contributed by atoms with Crippen LogP contribution in [0.4, 0.5) is 5.69 Å². The number of anilines is 1. The van der Waals surface area contributed by atoms with Gasteiger partial charge in [0.15, 0.2) is 0 Å². The number of rotatable bonds is 8. The van der Waals surface area contributed by atoms with Crippen LogP contribution in [0.3, 0.4) is 0 Å². The summed E-state index contributed by atoms with van der Waals surface area (Å²) in [4.78, 5) is 50.3. The quantitative estimate of drug-likeness (QED) is 0.390. The molecule has 45 heavy (non-hydrogen) atoms. The van der Waals surface area contributed by atoms with E-state index in [1.807, 2.05) is 32.8 Å². The second-order valence-electron chi connectivity index (χ2n) is 11.5. The van der Waals surface area contributed by atoms with Crippen LogP contribution in [-0.2, 0) is 26.0 Å². The molecule has 2 saturated heterocycles. The van der Waals surface area contributed by atoms with Crippen LogP contribution in [0.15, 0.2) is 71.9 Å². The molecule has 11 nitrogen and oxygen atoms in total. The number of carbonyl (C=O) groups excluding carboxylic acids is 3. The summed E-state index contributed by atoms with van der Waals surface area (Å²) in [5.74, 6) is -1.45. The average Bonchev–Trinajstić information content (AvgIpc) is 2.99. The molecule has 2 aliphatic heterocycles. The number of carbonyl (C=O) groups is 3. The van der Waals surface area contributed by atoms with Gasteiger partial charge in [-0.2, -0.15) is 4.31 Å². The molecule has 238 valence electrons. The van der Waals surface area contributed by atoms with Crippen LogP contribution in [0, 0.1) is 0 Å². The molecule has 0 aliphatic carbocycles. The second kappa shape index (κ2) is 13.0. The molecule has 2 aromatic carbocycles. The first-order valence-electron chi connectivity index (χ1n) is 14.4. The van der Waals surface area contributed by atoms with Crippen LogP contribution in [0.5, 0.6) is 0 Å². The molecule has 0 bridgehead atoms. The normalized spacial score (nSPS) is 20.7. The molecule has 5 rings (SSSR count).